The van der Waals surface area contributed by atoms with E-state index in [0.717, 1.165) is 33.0 Å². The Labute approximate surface area is 207 Å². The van der Waals surface area contributed by atoms with Gasteiger partial charge in [-0.15, -0.1) is 0 Å². The van der Waals surface area contributed by atoms with Crippen LogP contribution in [0.25, 0.3) is 15.5 Å². The number of nitrogens with zero attached hydrogens (tertiary/aromatic N) is 5. The van der Waals surface area contributed by atoms with Gasteiger partial charge in [0.25, 0.3) is 11.5 Å². The SMILES string of the molecule is Cc1ccccc1-c1nn2c(=O)cc(N3CCN(C(=O)COc4c(C)cccc4C)CC3)nc2s1. The first-order chi connectivity index (χ1) is 16.9. The van der Waals surface area contributed by atoms with Crippen LogP contribution in [0, 0.1) is 20.8 Å². The second-order valence-electron chi connectivity index (χ2n) is 8.75. The second kappa shape index (κ2) is 9.50. The van der Waals surface area contributed by atoms with E-state index in [1.807, 2.05) is 68.1 Å². The first kappa shape index (κ1) is 23.0. The Morgan fingerprint density at radius 3 is 2.37 bits per heavy atom. The molecule has 2 aromatic carbocycles. The molecule has 180 valence electrons. The third-order valence-electron chi connectivity index (χ3n) is 6.31. The lowest BCUT2D eigenvalue weighted by Gasteiger charge is -2.35. The Morgan fingerprint density at radius 1 is 0.971 bits per heavy atom. The van der Waals surface area contributed by atoms with E-state index < -0.39 is 0 Å². The Morgan fingerprint density at radius 2 is 1.66 bits per heavy atom. The number of carbonyl (C=O) groups is 1. The Hall–Kier alpha value is -3.72. The van der Waals surface area contributed by atoms with Gasteiger partial charge in [0.15, 0.2) is 6.61 Å². The third-order valence-corrected chi connectivity index (χ3v) is 7.25. The fraction of sp³-hybridized carbons (Fsp3) is 0.308. The molecule has 0 saturated carbocycles. The molecular formula is C26H27N5O3S. The van der Waals surface area contributed by atoms with E-state index in [0.29, 0.717) is 37.0 Å². The summed E-state index contributed by atoms with van der Waals surface area (Å²) in [4.78, 5) is 34.6. The number of aryl methyl sites for hydroxylation is 3. The average Bonchev–Trinajstić information content (AvgIpc) is 3.29. The standard InChI is InChI=1S/C26H27N5O3S/c1-17-7-4-5-10-20(17)25-28-31-22(32)15-21(27-26(31)35-25)29-11-13-30(14-12-29)23(33)16-34-24-18(2)8-6-9-19(24)3/h4-10,15H,11-14,16H2,1-3H3. The number of rotatable bonds is 5. The van der Waals surface area contributed by atoms with Crippen molar-refractivity contribution < 1.29 is 9.53 Å². The first-order valence-electron chi connectivity index (χ1n) is 11.6. The highest BCUT2D eigenvalue weighted by Crippen LogP contribution is 2.28. The van der Waals surface area contributed by atoms with Crippen LogP contribution in [0.5, 0.6) is 5.75 Å². The van der Waals surface area contributed by atoms with Gasteiger partial charge < -0.3 is 14.5 Å². The summed E-state index contributed by atoms with van der Waals surface area (Å²) in [5.41, 5.74) is 3.93. The van der Waals surface area contributed by atoms with Gasteiger partial charge in [-0.1, -0.05) is 53.8 Å². The van der Waals surface area contributed by atoms with Gasteiger partial charge in [-0.05, 0) is 37.5 Å². The van der Waals surface area contributed by atoms with Crippen LogP contribution in [0.2, 0.25) is 0 Å². The van der Waals surface area contributed by atoms with Gasteiger partial charge in [0.05, 0.1) is 0 Å². The number of anilines is 1. The Bertz CT molecular complexity index is 1430. The number of fused-ring (bicyclic) bond motifs is 1. The van der Waals surface area contributed by atoms with Crippen LogP contribution < -0.4 is 15.2 Å². The predicted octanol–water partition coefficient (Wildman–Crippen LogP) is 3.47. The molecule has 1 amide bonds. The maximum atomic E-state index is 12.8. The van der Waals surface area contributed by atoms with Crippen LogP contribution in [0.15, 0.2) is 53.3 Å². The van der Waals surface area contributed by atoms with Crippen molar-refractivity contribution in [1.82, 2.24) is 19.5 Å². The van der Waals surface area contributed by atoms with Gasteiger partial charge in [-0.2, -0.15) is 9.61 Å². The van der Waals surface area contributed by atoms with Crippen molar-refractivity contribution in [2.75, 3.05) is 37.7 Å². The number of aromatic nitrogens is 3. The number of benzene rings is 2. The molecule has 9 heteroatoms. The molecule has 1 aliphatic rings. The largest absolute Gasteiger partial charge is 0.483 e. The maximum Gasteiger partial charge on any atom is 0.277 e. The zero-order chi connectivity index (χ0) is 24.5. The van der Waals surface area contributed by atoms with Gasteiger partial charge in [0.1, 0.15) is 16.6 Å². The molecule has 0 atom stereocenters. The lowest BCUT2D eigenvalue weighted by atomic mass is 10.1. The van der Waals surface area contributed by atoms with Crippen LogP contribution in [-0.2, 0) is 4.79 Å². The molecule has 5 rings (SSSR count). The molecule has 0 unspecified atom stereocenters. The summed E-state index contributed by atoms with van der Waals surface area (Å²) in [7, 11) is 0. The number of carbonyl (C=O) groups excluding carboxylic acids is 1. The summed E-state index contributed by atoms with van der Waals surface area (Å²) in [6.45, 7) is 8.29. The molecule has 0 bridgehead atoms. The van der Waals surface area contributed by atoms with E-state index in [1.165, 1.54) is 21.9 Å². The number of ether oxygens (including phenoxy) is 1. The molecule has 3 heterocycles. The van der Waals surface area contributed by atoms with Crippen LogP contribution in [0.4, 0.5) is 5.82 Å². The first-order valence-corrected chi connectivity index (χ1v) is 12.4. The quantitative estimate of drug-likeness (QED) is 0.427. The molecule has 1 aliphatic heterocycles. The molecule has 35 heavy (non-hydrogen) atoms. The van der Waals surface area contributed by atoms with Gasteiger partial charge in [0.2, 0.25) is 4.96 Å². The van der Waals surface area contributed by atoms with E-state index >= 15 is 0 Å². The van der Waals surface area contributed by atoms with Crippen molar-refractivity contribution in [3.63, 3.8) is 0 Å². The molecule has 0 aliphatic carbocycles. The fourth-order valence-electron chi connectivity index (χ4n) is 4.32. The number of amides is 1. The lowest BCUT2D eigenvalue weighted by Crippen LogP contribution is -2.50. The number of piperazine rings is 1. The predicted molar refractivity (Wildman–Crippen MR) is 138 cm³/mol. The van der Waals surface area contributed by atoms with Crippen molar-refractivity contribution in [1.29, 1.82) is 0 Å². The minimum Gasteiger partial charge on any atom is -0.483 e. The summed E-state index contributed by atoms with van der Waals surface area (Å²) >= 11 is 1.40. The highest BCUT2D eigenvalue weighted by Gasteiger charge is 2.24. The van der Waals surface area contributed by atoms with E-state index in [9.17, 15) is 9.59 Å². The summed E-state index contributed by atoms with van der Waals surface area (Å²) in [5.74, 6) is 1.35. The Kier molecular flexibility index (Phi) is 6.25. The molecule has 0 N–H and O–H groups in total. The van der Waals surface area contributed by atoms with Gasteiger partial charge in [-0.3, -0.25) is 9.59 Å². The molecule has 1 saturated heterocycles. The second-order valence-corrected chi connectivity index (χ2v) is 9.70. The maximum absolute atomic E-state index is 12.8. The number of hydrogen-bond donors (Lipinski definition) is 0. The summed E-state index contributed by atoms with van der Waals surface area (Å²) < 4.78 is 7.20. The van der Waals surface area contributed by atoms with Crippen molar-refractivity contribution in [2.45, 2.75) is 20.8 Å². The molecule has 0 radical (unpaired) electrons. The molecule has 1 fully saturated rings. The minimum atomic E-state index is -0.207. The number of para-hydroxylation sites is 1. The van der Waals surface area contributed by atoms with Gasteiger partial charge in [-0.25, -0.2) is 4.98 Å². The highest BCUT2D eigenvalue weighted by molar-refractivity contribution is 7.19. The van der Waals surface area contributed by atoms with Gasteiger partial charge in [0, 0.05) is 37.8 Å². The van der Waals surface area contributed by atoms with E-state index in [-0.39, 0.29) is 18.1 Å². The van der Waals surface area contributed by atoms with Crippen LogP contribution in [0.1, 0.15) is 16.7 Å². The van der Waals surface area contributed by atoms with Crippen LogP contribution in [0.3, 0.4) is 0 Å². The van der Waals surface area contributed by atoms with E-state index in [4.69, 9.17) is 9.72 Å². The van der Waals surface area contributed by atoms with E-state index in [1.54, 1.807) is 4.90 Å². The Balaban J connectivity index is 1.26. The van der Waals surface area contributed by atoms with Crippen molar-refractivity contribution >= 4 is 28.0 Å². The zero-order valence-electron chi connectivity index (χ0n) is 20.0. The molecule has 8 nitrogen and oxygen atoms in total. The summed E-state index contributed by atoms with van der Waals surface area (Å²) in [5, 5.41) is 5.27. The fourth-order valence-corrected chi connectivity index (χ4v) is 5.31. The summed E-state index contributed by atoms with van der Waals surface area (Å²) in [6.07, 6.45) is 0. The monoisotopic (exact) mass is 489 g/mol. The van der Waals surface area contributed by atoms with Crippen LogP contribution >= 0.6 is 11.3 Å². The molecule has 2 aromatic heterocycles. The smallest absolute Gasteiger partial charge is 0.277 e. The average molecular weight is 490 g/mol. The van der Waals surface area contributed by atoms with Gasteiger partial charge >= 0.3 is 0 Å². The summed E-state index contributed by atoms with van der Waals surface area (Å²) in [6, 6.07) is 15.4. The normalized spacial score (nSPS) is 13.9. The molecule has 0 spiro atoms. The van der Waals surface area contributed by atoms with Crippen molar-refractivity contribution in [3.05, 3.63) is 75.6 Å². The third kappa shape index (κ3) is 4.64. The van der Waals surface area contributed by atoms with Crippen molar-refractivity contribution in [3.8, 4) is 16.3 Å². The topological polar surface area (TPSA) is 80.0 Å². The van der Waals surface area contributed by atoms with E-state index in [2.05, 4.69) is 5.10 Å². The van der Waals surface area contributed by atoms with Crippen molar-refractivity contribution in [2.24, 2.45) is 0 Å². The minimum absolute atomic E-state index is 0.0137. The zero-order valence-corrected chi connectivity index (χ0v) is 20.8. The number of hydrogen-bond acceptors (Lipinski definition) is 7. The van der Waals surface area contributed by atoms with Crippen LogP contribution in [-0.4, -0.2) is 58.2 Å². The highest BCUT2D eigenvalue weighted by atomic mass is 32.1. The lowest BCUT2D eigenvalue weighted by molar-refractivity contribution is -0.133. The molecular weight excluding hydrogens is 462 g/mol. The molecule has 4 aromatic rings.